The molecule has 4 rings (SSSR count). The topological polar surface area (TPSA) is 111 Å². The van der Waals surface area contributed by atoms with Crippen LogP contribution < -0.4 is 19.5 Å². The standard InChI is InChI=1S/C21H17NO7/c23-15-10-14(22-12-6-7-16-18(9-12)29-11-28-16)21(26)13-3-1-4-17(20(13)15)27-8-2-5-19(24)25/h1,3-4,6-7,9-10,22H,2,5,8,11H2,(H,24,25). The molecule has 148 valence electrons. The lowest BCUT2D eigenvalue weighted by Gasteiger charge is -2.19. The van der Waals surface area contributed by atoms with Gasteiger partial charge in [-0.25, -0.2) is 0 Å². The van der Waals surface area contributed by atoms with Gasteiger partial charge in [-0.15, -0.1) is 0 Å². The highest BCUT2D eigenvalue weighted by Crippen LogP contribution is 2.35. The Balaban J connectivity index is 1.53. The quantitative estimate of drug-likeness (QED) is 0.688. The molecule has 2 aromatic carbocycles. The van der Waals surface area contributed by atoms with Crippen molar-refractivity contribution in [3.63, 3.8) is 0 Å². The highest BCUT2D eigenvalue weighted by molar-refractivity contribution is 6.26. The highest BCUT2D eigenvalue weighted by Gasteiger charge is 2.29. The molecule has 0 fully saturated rings. The third-order valence-electron chi connectivity index (χ3n) is 4.48. The minimum atomic E-state index is -0.919. The van der Waals surface area contributed by atoms with E-state index in [0.717, 1.165) is 0 Å². The molecule has 0 radical (unpaired) electrons. The molecular weight excluding hydrogens is 378 g/mol. The van der Waals surface area contributed by atoms with Crippen LogP contribution in [0.3, 0.4) is 0 Å². The average molecular weight is 395 g/mol. The summed E-state index contributed by atoms with van der Waals surface area (Å²) in [5.74, 6) is -0.181. The van der Waals surface area contributed by atoms with Crippen LogP contribution in [-0.4, -0.2) is 36.0 Å². The Labute approximate surface area is 165 Å². The Hall–Kier alpha value is -3.81. The van der Waals surface area contributed by atoms with Crippen molar-refractivity contribution in [2.24, 2.45) is 0 Å². The van der Waals surface area contributed by atoms with Gasteiger partial charge in [0.15, 0.2) is 17.3 Å². The number of nitrogens with one attached hydrogen (secondary N) is 1. The third kappa shape index (κ3) is 3.77. The molecular formula is C21H17NO7. The first-order valence-electron chi connectivity index (χ1n) is 8.98. The zero-order valence-corrected chi connectivity index (χ0v) is 15.3. The van der Waals surface area contributed by atoms with Crippen molar-refractivity contribution in [1.82, 2.24) is 0 Å². The molecule has 0 unspecified atom stereocenters. The van der Waals surface area contributed by atoms with Crippen LogP contribution in [-0.2, 0) is 4.79 Å². The number of carboxylic acids is 1. The van der Waals surface area contributed by atoms with E-state index in [2.05, 4.69) is 5.32 Å². The molecule has 2 aliphatic rings. The number of ketones is 2. The van der Waals surface area contributed by atoms with E-state index < -0.39 is 5.97 Å². The van der Waals surface area contributed by atoms with Gasteiger partial charge in [-0.3, -0.25) is 14.4 Å². The predicted octanol–water partition coefficient (Wildman–Crippen LogP) is 3.03. The number of benzene rings is 2. The molecule has 8 heteroatoms. The Kier molecular flexibility index (Phi) is 4.90. The lowest BCUT2D eigenvalue weighted by molar-refractivity contribution is -0.137. The summed E-state index contributed by atoms with van der Waals surface area (Å²) in [5, 5.41) is 11.7. The maximum Gasteiger partial charge on any atom is 0.303 e. The second-order valence-corrected chi connectivity index (χ2v) is 6.47. The molecule has 0 atom stereocenters. The number of anilines is 1. The van der Waals surface area contributed by atoms with Crippen molar-refractivity contribution in [3.05, 3.63) is 59.3 Å². The molecule has 2 aromatic rings. The highest BCUT2D eigenvalue weighted by atomic mass is 16.7. The number of ether oxygens (including phenoxy) is 3. The molecule has 0 saturated heterocycles. The SMILES string of the molecule is O=C(O)CCCOc1cccc2c1C(=O)C=C(Nc1ccc3c(c1)OCO3)C2=O. The van der Waals surface area contributed by atoms with Gasteiger partial charge in [-0.2, -0.15) is 0 Å². The van der Waals surface area contributed by atoms with E-state index in [1.54, 1.807) is 36.4 Å². The molecule has 1 aliphatic heterocycles. The predicted molar refractivity (Wildman–Crippen MR) is 102 cm³/mol. The number of aliphatic carboxylic acids is 1. The fourth-order valence-corrected chi connectivity index (χ4v) is 3.14. The Morgan fingerprint density at radius 1 is 1.14 bits per heavy atom. The fourth-order valence-electron chi connectivity index (χ4n) is 3.14. The van der Waals surface area contributed by atoms with Gasteiger partial charge < -0.3 is 24.6 Å². The molecule has 8 nitrogen and oxygen atoms in total. The molecule has 0 bridgehead atoms. The van der Waals surface area contributed by atoms with Gasteiger partial charge in [-0.1, -0.05) is 6.07 Å². The number of carbonyl (C=O) groups is 3. The number of rotatable bonds is 7. The first-order chi connectivity index (χ1) is 14.0. The van der Waals surface area contributed by atoms with Crippen molar-refractivity contribution >= 4 is 23.2 Å². The fraction of sp³-hybridized carbons (Fsp3) is 0.190. The Morgan fingerprint density at radius 3 is 2.79 bits per heavy atom. The maximum atomic E-state index is 12.9. The summed E-state index contributed by atoms with van der Waals surface area (Å²) < 4.78 is 16.1. The van der Waals surface area contributed by atoms with E-state index >= 15 is 0 Å². The number of hydrogen-bond acceptors (Lipinski definition) is 7. The Morgan fingerprint density at radius 2 is 1.97 bits per heavy atom. The summed E-state index contributed by atoms with van der Waals surface area (Å²) in [5.41, 5.74) is 1.15. The van der Waals surface area contributed by atoms with E-state index in [4.69, 9.17) is 19.3 Å². The van der Waals surface area contributed by atoms with Gasteiger partial charge in [0.05, 0.1) is 17.9 Å². The van der Waals surface area contributed by atoms with E-state index in [1.165, 1.54) is 6.08 Å². The zero-order chi connectivity index (χ0) is 20.4. The van der Waals surface area contributed by atoms with Crippen molar-refractivity contribution in [2.75, 3.05) is 18.7 Å². The minimum Gasteiger partial charge on any atom is -0.493 e. The van der Waals surface area contributed by atoms with Crippen LogP contribution in [0, 0.1) is 0 Å². The van der Waals surface area contributed by atoms with Crippen LogP contribution in [0.25, 0.3) is 0 Å². The van der Waals surface area contributed by atoms with Gasteiger partial charge in [0.1, 0.15) is 5.75 Å². The maximum absolute atomic E-state index is 12.9. The van der Waals surface area contributed by atoms with Crippen LogP contribution in [0.1, 0.15) is 33.6 Å². The van der Waals surface area contributed by atoms with Crippen LogP contribution in [0.2, 0.25) is 0 Å². The molecule has 0 saturated carbocycles. The smallest absolute Gasteiger partial charge is 0.303 e. The number of Topliss-reactive ketones (excluding diaryl/α,β-unsaturated/α-hetero) is 1. The molecule has 0 spiro atoms. The van der Waals surface area contributed by atoms with Gasteiger partial charge >= 0.3 is 5.97 Å². The summed E-state index contributed by atoms with van der Waals surface area (Å²) in [6, 6.07) is 9.92. The van der Waals surface area contributed by atoms with E-state index in [1.807, 2.05) is 0 Å². The van der Waals surface area contributed by atoms with Crippen LogP contribution in [0.4, 0.5) is 5.69 Å². The van der Waals surface area contributed by atoms with Crippen molar-refractivity contribution in [3.8, 4) is 17.2 Å². The monoisotopic (exact) mass is 395 g/mol. The third-order valence-corrected chi connectivity index (χ3v) is 4.48. The minimum absolute atomic E-state index is 0.0363. The van der Waals surface area contributed by atoms with Crippen LogP contribution in [0.15, 0.2) is 48.2 Å². The van der Waals surface area contributed by atoms with Crippen molar-refractivity contribution in [1.29, 1.82) is 0 Å². The summed E-state index contributed by atoms with van der Waals surface area (Å²) in [4.78, 5) is 36.2. The Bertz CT molecular complexity index is 1040. The number of allylic oxidation sites excluding steroid dienone is 2. The first kappa shape index (κ1) is 18.5. The summed E-state index contributed by atoms with van der Waals surface area (Å²) in [6.07, 6.45) is 1.50. The van der Waals surface area contributed by atoms with Gasteiger partial charge in [0.25, 0.3) is 0 Å². The number of carbonyl (C=O) groups excluding carboxylic acids is 2. The zero-order valence-electron chi connectivity index (χ0n) is 15.3. The second kappa shape index (κ2) is 7.67. The molecule has 2 N–H and O–H groups in total. The number of carboxylic acid groups (broad SMARTS) is 1. The van der Waals surface area contributed by atoms with E-state index in [0.29, 0.717) is 23.6 Å². The van der Waals surface area contributed by atoms with Gasteiger partial charge in [0.2, 0.25) is 12.6 Å². The van der Waals surface area contributed by atoms with Gasteiger partial charge in [-0.05, 0) is 30.7 Å². The largest absolute Gasteiger partial charge is 0.493 e. The summed E-state index contributed by atoms with van der Waals surface area (Å²) in [7, 11) is 0. The number of hydrogen-bond donors (Lipinski definition) is 2. The molecule has 29 heavy (non-hydrogen) atoms. The molecule has 0 amide bonds. The average Bonchev–Trinajstić information content (AvgIpc) is 3.16. The van der Waals surface area contributed by atoms with E-state index in [-0.39, 0.29) is 54.0 Å². The molecule has 0 aromatic heterocycles. The second-order valence-electron chi connectivity index (χ2n) is 6.47. The summed E-state index contributed by atoms with van der Waals surface area (Å²) in [6.45, 7) is 0.276. The number of fused-ring (bicyclic) bond motifs is 2. The summed E-state index contributed by atoms with van der Waals surface area (Å²) >= 11 is 0. The lowest BCUT2D eigenvalue weighted by atomic mass is 9.91. The molecule has 1 heterocycles. The van der Waals surface area contributed by atoms with Gasteiger partial charge in [0, 0.05) is 29.8 Å². The van der Waals surface area contributed by atoms with Crippen LogP contribution in [0.5, 0.6) is 17.2 Å². The van der Waals surface area contributed by atoms with E-state index in [9.17, 15) is 14.4 Å². The van der Waals surface area contributed by atoms with Crippen molar-refractivity contribution in [2.45, 2.75) is 12.8 Å². The normalized spacial score (nSPS) is 14.3. The van der Waals surface area contributed by atoms with Crippen LogP contribution >= 0.6 is 0 Å². The molecule has 1 aliphatic carbocycles. The lowest BCUT2D eigenvalue weighted by Crippen LogP contribution is -2.22. The van der Waals surface area contributed by atoms with Crippen molar-refractivity contribution < 1.29 is 33.7 Å². The first-order valence-corrected chi connectivity index (χ1v) is 8.98.